The van der Waals surface area contributed by atoms with E-state index in [-0.39, 0.29) is 24.2 Å². The largest absolute Gasteiger partial charge is 0.481 e. The van der Waals surface area contributed by atoms with E-state index in [1.165, 1.54) is 36.8 Å². The van der Waals surface area contributed by atoms with E-state index in [4.69, 9.17) is 5.11 Å². The van der Waals surface area contributed by atoms with Crippen LogP contribution in [0.15, 0.2) is 60.7 Å². The molecular weight excluding hydrogens is 560 g/mol. The molecule has 0 saturated heterocycles. The van der Waals surface area contributed by atoms with Gasteiger partial charge in [-0.25, -0.2) is 0 Å². The minimum atomic E-state index is -0.711. The number of carboxylic acids is 1. The Morgan fingerprint density at radius 3 is 1.84 bits per heavy atom. The van der Waals surface area contributed by atoms with Gasteiger partial charge in [-0.2, -0.15) is 0 Å². The van der Waals surface area contributed by atoms with E-state index in [1.807, 2.05) is 12.1 Å². The number of Topliss-reactive ketones (excluding diaryl/α,β-unsaturated/α-hetero) is 2. The van der Waals surface area contributed by atoms with Crippen LogP contribution in [0.2, 0.25) is 0 Å². The molecule has 0 amide bonds. The molecule has 0 aliphatic heterocycles. The normalized spacial score (nSPS) is 22.8. The van der Waals surface area contributed by atoms with Crippen molar-refractivity contribution in [2.24, 2.45) is 23.7 Å². The number of carbonyl (C=O) groups is 3. The number of aliphatic carboxylic acids is 1. The number of aliphatic hydroxyl groups excluding tert-OH is 1. The Hall–Kier alpha value is -2.79. The molecule has 4 rings (SSSR count). The highest BCUT2D eigenvalue weighted by atomic mass is 16.4. The molecule has 248 valence electrons. The Bertz CT molecular complexity index is 1110. The van der Waals surface area contributed by atoms with Crippen molar-refractivity contribution in [3.05, 3.63) is 71.8 Å². The first-order valence-corrected chi connectivity index (χ1v) is 17.9. The standard InChI is InChI=1S/C20H28O3.C20H30O2/c21-19-15-14-17(13-12-16-8-4-3-5-9-16)18(19)10-6-1-2-7-11-20(22)23;1-2-3-4-5-9-12-17-18(20(22)15-19(17)21)14-13-16-10-7-6-8-11-16/h3-5,8-9,17-18H,1-2,6-7,10-15H2,(H,22,23);6-8,10-11,17-18,20,22H,2-5,9,12-15H2,1H3. The number of unbranched alkanes of at least 4 members (excludes halogenated alkanes) is 7. The predicted octanol–water partition coefficient (Wildman–Crippen LogP) is 9.19. The van der Waals surface area contributed by atoms with Gasteiger partial charge in [0.25, 0.3) is 0 Å². The van der Waals surface area contributed by atoms with Crippen LogP contribution in [0.3, 0.4) is 0 Å². The van der Waals surface area contributed by atoms with E-state index in [9.17, 15) is 19.5 Å². The third kappa shape index (κ3) is 13.6. The summed E-state index contributed by atoms with van der Waals surface area (Å²) in [6, 6.07) is 20.9. The molecule has 2 aliphatic carbocycles. The summed E-state index contributed by atoms with van der Waals surface area (Å²) in [4.78, 5) is 34.8. The van der Waals surface area contributed by atoms with E-state index in [1.54, 1.807) is 0 Å². The van der Waals surface area contributed by atoms with Gasteiger partial charge in [0.2, 0.25) is 0 Å². The smallest absolute Gasteiger partial charge is 0.303 e. The molecule has 5 atom stereocenters. The molecule has 45 heavy (non-hydrogen) atoms. The van der Waals surface area contributed by atoms with Crippen molar-refractivity contribution in [1.82, 2.24) is 0 Å². The highest BCUT2D eigenvalue weighted by Crippen LogP contribution is 2.37. The zero-order valence-electron chi connectivity index (χ0n) is 27.7. The van der Waals surface area contributed by atoms with Gasteiger partial charge >= 0.3 is 5.97 Å². The lowest BCUT2D eigenvalue weighted by Crippen LogP contribution is -2.21. The summed E-state index contributed by atoms with van der Waals surface area (Å²) in [7, 11) is 0. The Balaban J connectivity index is 0.000000246. The summed E-state index contributed by atoms with van der Waals surface area (Å²) in [5.74, 6) is 1.09. The Labute approximate surface area is 272 Å². The van der Waals surface area contributed by atoms with Crippen LogP contribution in [0.5, 0.6) is 0 Å². The Morgan fingerprint density at radius 2 is 1.24 bits per heavy atom. The summed E-state index contributed by atoms with van der Waals surface area (Å²) in [6.07, 6.45) is 18.0. The van der Waals surface area contributed by atoms with Gasteiger partial charge in [0.15, 0.2) is 0 Å². The average molecular weight is 619 g/mol. The zero-order valence-corrected chi connectivity index (χ0v) is 27.7. The van der Waals surface area contributed by atoms with Crippen molar-refractivity contribution in [1.29, 1.82) is 0 Å². The number of ketones is 2. The number of carboxylic acid groups (broad SMARTS) is 1. The van der Waals surface area contributed by atoms with Crippen molar-refractivity contribution in [2.45, 2.75) is 135 Å². The van der Waals surface area contributed by atoms with E-state index >= 15 is 0 Å². The van der Waals surface area contributed by atoms with Gasteiger partial charge in [-0.15, -0.1) is 0 Å². The minimum Gasteiger partial charge on any atom is -0.481 e. The topological polar surface area (TPSA) is 91.7 Å². The lowest BCUT2D eigenvalue weighted by molar-refractivity contribution is -0.137. The van der Waals surface area contributed by atoms with Crippen molar-refractivity contribution in [3.63, 3.8) is 0 Å². The molecule has 0 bridgehead atoms. The van der Waals surface area contributed by atoms with Gasteiger partial charge in [0, 0.05) is 31.1 Å². The fourth-order valence-electron chi connectivity index (χ4n) is 7.44. The van der Waals surface area contributed by atoms with Gasteiger partial charge in [0.1, 0.15) is 11.6 Å². The van der Waals surface area contributed by atoms with E-state index in [0.29, 0.717) is 23.9 Å². The molecule has 2 aliphatic rings. The molecular formula is C40H58O5. The number of benzene rings is 2. The second-order valence-corrected chi connectivity index (χ2v) is 13.5. The zero-order chi connectivity index (χ0) is 32.3. The quantitative estimate of drug-likeness (QED) is 0.153. The average Bonchev–Trinajstić information content (AvgIpc) is 3.53. The first-order chi connectivity index (χ1) is 21.9. The fraction of sp³-hybridized carbons (Fsp3) is 0.625. The van der Waals surface area contributed by atoms with Gasteiger partial charge < -0.3 is 10.2 Å². The number of aryl methyl sites for hydroxylation is 2. The highest BCUT2D eigenvalue weighted by Gasteiger charge is 2.40. The van der Waals surface area contributed by atoms with E-state index < -0.39 is 12.1 Å². The molecule has 2 aromatic carbocycles. The summed E-state index contributed by atoms with van der Waals surface area (Å²) in [6.45, 7) is 2.22. The third-order valence-corrected chi connectivity index (χ3v) is 10.1. The summed E-state index contributed by atoms with van der Waals surface area (Å²) >= 11 is 0. The third-order valence-electron chi connectivity index (χ3n) is 10.1. The molecule has 2 fully saturated rings. The maximum atomic E-state index is 12.2. The van der Waals surface area contributed by atoms with Gasteiger partial charge in [-0.3, -0.25) is 14.4 Å². The molecule has 2 aromatic rings. The summed E-state index contributed by atoms with van der Waals surface area (Å²) < 4.78 is 0. The van der Waals surface area contributed by atoms with Gasteiger partial charge in [-0.05, 0) is 74.3 Å². The minimum absolute atomic E-state index is 0.0975. The number of rotatable bonds is 19. The van der Waals surface area contributed by atoms with E-state index in [2.05, 4.69) is 55.5 Å². The van der Waals surface area contributed by atoms with E-state index in [0.717, 1.165) is 83.5 Å². The van der Waals surface area contributed by atoms with Crippen LogP contribution in [-0.4, -0.2) is 33.9 Å². The monoisotopic (exact) mass is 618 g/mol. The molecule has 5 unspecified atom stereocenters. The molecule has 5 nitrogen and oxygen atoms in total. The lowest BCUT2D eigenvalue weighted by Gasteiger charge is -2.21. The lowest BCUT2D eigenvalue weighted by atomic mass is 9.85. The molecule has 0 spiro atoms. The van der Waals surface area contributed by atoms with Gasteiger partial charge in [0.05, 0.1) is 6.10 Å². The van der Waals surface area contributed by atoms with Crippen LogP contribution in [0, 0.1) is 23.7 Å². The second-order valence-electron chi connectivity index (χ2n) is 13.5. The van der Waals surface area contributed by atoms with Crippen LogP contribution in [0.25, 0.3) is 0 Å². The van der Waals surface area contributed by atoms with Crippen molar-refractivity contribution in [2.75, 3.05) is 0 Å². The highest BCUT2D eigenvalue weighted by molar-refractivity contribution is 5.84. The molecule has 0 aromatic heterocycles. The van der Waals surface area contributed by atoms with Gasteiger partial charge in [-0.1, -0.05) is 119 Å². The summed E-state index contributed by atoms with van der Waals surface area (Å²) in [5, 5.41) is 18.8. The molecule has 2 saturated carbocycles. The fourth-order valence-corrected chi connectivity index (χ4v) is 7.44. The van der Waals surface area contributed by atoms with Crippen molar-refractivity contribution < 1.29 is 24.6 Å². The first kappa shape index (κ1) is 36.7. The van der Waals surface area contributed by atoms with Crippen LogP contribution in [-0.2, 0) is 27.2 Å². The predicted molar refractivity (Wildman–Crippen MR) is 182 cm³/mol. The molecule has 2 N–H and O–H groups in total. The molecule has 0 heterocycles. The molecule has 0 radical (unpaired) electrons. The number of hydrogen-bond donors (Lipinski definition) is 2. The van der Waals surface area contributed by atoms with Crippen molar-refractivity contribution in [3.8, 4) is 0 Å². The number of carbonyl (C=O) groups excluding carboxylic acids is 2. The first-order valence-electron chi connectivity index (χ1n) is 17.9. The Kier molecular flexibility index (Phi) is 17.2. The summed E-state index contributed by atoms with van der Waals surface area (Å²) in [5.41, 5.74) is 2.66. The maximum Gasteiger partial charge on any atom is 0.303 e. The maximum absolute atomic E-state index is 12.2. The Morgan fingerprint density at radius 1 is 0.689 bits per heavy atom. The van der Waals surface area contributed by atoms with Crippen molar-refractivity contribution >= 4 is 17.5 Å². The molecule has 5 heteroatoms. The number of hydrogen-bond acceptors (Lipinski definition) is 4. The van der Waals surface area contributed by atoms with Crippen LogP contribution < -0.4 is 0 Å². The number of aliphatic hydroxyl groups is 1. The van der Waals surface area contributed by atoms with Crippen LogP contribution >= 0.6 is 0 Å². The van der Waals surface area contributed by atoms with Crippen LogP contribution in [0.1, 0.15) is 127 Å². The van der Waals surface area contributed by atoms with Crippen LogP contribution in [0.4, 0.5) is 0 Å². The SMILES string of the molecule is CCCCCCCC1C(=O)CC(O)C1CCc1ccccc1.O=C(O)CCCCCCC1C(=O)CCC1CCc1ccccc1. The second kappa shape index (κ2) is 21.1.